The maximum atomic E-state index is 6.19. The van der Waals surface area contributed by atoms with E-state index in [9.17, 15) is 0 Å². The Balaban J connectivity index is 2.22. The van der Waals surface area contributed by atoms with E-state index in [1.165, 1.54) is 11.1 Å². The minimum absolute atomic E-state index is 0.187. The lowest BCUT2D eigenvalue weighted by atomic mass is 9.86. The molecule has 2 aromatic carbocycles. The minimum atomic E-state index is 0.187. The van der Waals surface area contributed by atoms with Gasteiger partial charge in [-0.1, -0.05) is 68.2 Å². The van der Waals surface area contributed by atoms with E-state index in [1.807, 2.05) is 18.2 Å². The summed E-state index contributed by atoms with van der Waals surface area (Å²) in [6, 6.07) is 14.3. The molecular formula is C17H18Cl2. The van der Waals surface area contributed by atoms with Gasteiger partial charge in [-0.05, 0) is 46.7 Å². The van der Waals surface area contributed by atoms with Gasteiger partial charge in [-0.3, -0.25) is 0 Å². The molecule has 0 aliphatic rings. The van der Waals surface area contributed by atoms with Crippen LogP contribution in [-0.4, -0.2) is 0 Å². The lowest BCUT2D eigenvalue weighted by Crippen LogP contribution is -2.10. The average molecular weight is 293 g/mol. The molecule has 0 amide bonds. The summed E-state index contributed by atoms with van der Waals surface area (Å²) in [5, 5.41) is 1.50. The van der Waals surface area contributed by atoms with Gasteiger partial charge < -0.3 is 0 Å². The standard InChI is InChI=1S/C17H18Cl2/c1-17(2,3)14-6-4-12(5-7-14)10-13-11-15(18)8-9-16(13)19/h4-9,11H,10H2,1-3H3. The van der Waals surface area contributed by atoms with Crippen LogP contribution in [0.2, 0.25) is 10.0 Å². The van der Waals surface area contributed by atoms with E-state index < -0.39 is 0 Å². The van der Waals surface area contributed by atoms with Gasteiger partial charge in [0.05, 0.1) is 0 Å². The molecule has 0 heterocycles. The van der Waals surface area contributed by atoms with Gasteiger partial charge in [-0.2, -0.15) is 0 Å². The molecule has 100 valence electrons. The normalized spacial score (nSPS) is 11.6. The Bertz CT molecular complexity index is 563. The molecule has 2 rings (SSSR count). The van der Waals surface area contributed by atoms with E-state index in [0.717, 1.165) is 22.0 Å². The van der Waals surface area contributed by atoms with Gasteiger partial charge in [0.15, 0.2) is 0 Å². The fraction of sp³-hybridized carbons (Fsp3) is 0.294. The lowest BCUT2D eigenvalue weighted by Gasteiger charge is -2.19. The Hall–Kier alpha value is -0.980. The zero-order valence-electron chi connectivity index (χ0n) is 11.5. The predicted octanol–water partition coefficient (Wildman–Crippen LogP) is 5.88. The van der Waals surface area contributed by atoms with Gasteiger partial charge in [0, 0.05) is 10.0 Å². The van der Waals surface area contributed by atoms with E-state index in [2.05, 4.69) is 45.0 Å². The van der Waals surface area contributed by atoms with Crippen molar-refractivity contribution >= 4 is 23.2 Å². The Labute approximate surface area is 125 Å². The molecule has 0 N–H and O–H groups in total. The zero-order chi connectivity index (χ0) is 14.0. The van der Waals surface area contributed by atoms with Crippen LogP contribution in [0.15, 0.2) is 42.5 Å². The van der Waals surface area contributed by atoms with Gasteiger partial charge in [-0.15, -0.1) is 0 Å². The first-order valence-corrected chi connectivity index (χ1v) is 7.15. The first-order valence-electron chi connectivity index (χ1n) is 6.39. The molecule has 0 saturated carbocycles. The van der Waals surface area contributed by atoms with Crippen molar-refractivity contribution in [3.05, 3.63) is 69.2 Å². The smallest absolute Gasteiger partial charge is 0.0442 e. The van der Waals surface area contributed by atoms with Gasteiger partial charge in [0.2, 0.25) is 0 Å². The number of benzene rings is 2. The highest BCUT2D eigenvalue weighted by Crippen LogP contribution is 2.25. The summed E-state index contributed by atoms with van der Waals surface area (Å²) in [5.41, 5.74) is 3.84. The fourth-order valence-corrected chi connectivity index (χ4v) is 2.40. The molecule has 19 heavy (non-hydrogen) atoms. The summed E-state index contributed by atoms with van der Waals surface area (Å²) in [6.45, 7) is 6.65. The Kier molecular flexibility index (Phi) is 4.23. The molecule has 0 aromatic heterocycles. The lowest BCUT2D eigenvalue weighted by molar-refractivity contribution is 0.590. The van der Waals surface area contributed by atoms with Crippen LogP contribution in [-0.2, 0) is 11.8 Å². The van der Waals surface area contributed by atoms with Crippen LogP contribution in [0.4, 0.5) is 0 Å². The Morgan fingerprint density at radius 2 is 1.53 bits per heavy atom. The maximum Gasteiger partial charge on any atom is 0.0442 e. The van der Waals surface area contributed by atoms with Crippen LogP contribution in [0.25, 0.3) is 0 Å². The first-order chi connectivity index (χ1) is 8.86. The van der Waals surface area contributed by atoms with Crippen LogP contribution in [0.1, 0.15) is 37.5 Å². The van der Waals surface area contributed by atoms with Gasteiger partial charge in [-0.25, -0.2) is 0 Å². The van der Waals surface area contributed by atoms with Gasteiger partial charge in [0.1, 0.15) is 0 Å². The molecule has 2 heteroatoms. The second kappa shape index (κ2) is 5.56. The molecule has 0 bridgehead atoms. The second-order valence-electron chi connectivity index (χ2n) is 5.86. The third-order valence-corrected chi connectivity index (χ3v) is 3.83. The van der Waals surface area contributed by atoms with Crippen molar-refractivity contribution in [2.45, 2.75) is 32.6 Å². The fourth-order valence-electron chi connectivity index (χ4n) is 2.02. The predicted molar refractivity (Wildman–Crippen MR) is 84.4 cm³/mol. The van der Waals surface area contributed by atoms with Crippen molar-refractivity contribution < 1.29 is 0 Å². The van der Waals surface area contributed by atoms with Crippen molar-refractivity contribution in [3.8, 4) is 0 Å². The van der Waals surface area contributed by atoms with E-state index in [-0.39, 0.29) is 5.41 Å². The highest BCUT2D eigenvalue weighted by molar-refractivity contribution is 6.33. The van der Waals surface area contributed by atoms with Crippen molar-refractivity contribution in [2.24, 2.45) is 0 Å². The summed E-state index contributed by atoms with van der Waals surface area (Å²) in [6.07, 6.45) is 0.809. The van der Waals surface area contributed by atoms with E-state index >= 15 is 0 Å². The summed E-state index contributed by atoms with van der Waals surface area (Å²) in [4.78, 5) is 0. The third kappa shape index (κ3) is 3.75. The Morgan fingerprint density at radius 1 is 0.895 bits per heavy atom. The summed E-state index contributed by atoms with van der Waals surface area (Å²) in [5.74, 6) is 0. The molecule has 2 aromatic rings. The average Bonchev–Trinajstić information content (AvgIpc) is 2.33. The molecule has 0 unspecified atom stereocenters. The summed E-state index contributed by atoms with van der Waals surface area (Å²) >= 11 is 12.2. The molecule has 0 aliphatic carbocycles. The molecule has 0 atom stereocenters. The van der Waals surface area contributed by atoms with Crippen molar-refractivity contribution in [2.75, 3.05) is 0 Å². The van der Waals surface area contributed by atoms with E-state index in [1.54, 1.807) is 0 Å². The highest BCUT2D eigenvalue weighted by atomic mass is 35.5. The van der Waals surface area contributed by atoms with Crippen molar-refractivity contribution in [3.63, 3.8) is 0 Å². The summed E-state index contributed by atoms with van der Waals surface area (Å²) < 4.78 is 0. The van der Waals surface area contributed by atoms with Gasteiger partial charge >= 0.3 is 0 Å². The molecular weight excluding hydrogens is 275 g/mol. The SMILES string of the molecule is CC(C)(C)c1ccc(Cc2cc(Cl)ccc2Cl)cc1. The largest absolute Gasteiger partial charge is 0.0843 e. The topological polar surface area (TPSA) is 0 Å². The number of halogens is 2. The molecule has 0 aliphatic heterocycles. The molecule has 0 saturated heterocycles. The number of rotatable bonds is 2. The molecule has 0 fully saturated rings. The monoisotopic (exact) mass is 292 g/mol. The van der Waals surface area contributed by atoms with Crippen molar-refractivity contribution in [1.82, 2.24) is 0 Å². The number of hydrogen-bond acceptors (Lipinski definition) is 0. The first kappa shape index (κ1) is 14.4. The maximum absolute atomic E-state index is 6.19. The quantitative estimate of drug-likeness (QED) is 0.648. The van der Waals surface area contributed by atoms with Gasteiger partial charge in [0.25, 0.3) is 0 Å². The highest BCUT2D eigenvalue weighted by Gasteiger charge is 2.13. The zero-order valence-corrected chi connectivity index (χ0v) is 13.0. The van der Waals surface area contributed by atoms with Crippen LogP contribution in [0.5, 0.6) is 0 Å². The van der Waals surface area contributed by atoms with Crippen LogP contribution >= 0.6 is 23.2 Å². The van der Waals surface area contributed by atoms with E-state index in [0.29, 0.717) is 0 Å². The Morgan fingerprint density at radius 3 is 2.11 bits per heavy atom. The number of hydrogen-bond donors (Lipinski definition) is 0. The molecule has 0 radical (unpaired) electrons. The van der Waals surface area contributed by atoms with Crippen LogP contribution in [0.3, 0.4) is 0 Å². The molecule has 0 spiro atoms. The van der Waals surface area contributed by atoms with Crippen LogP contribution in [0, 0.1) is 0 Å². The minimum Gasteiger partial charge on any atom is -0.0843 e. The summed E-state index contributed by atoms with van der Waals surface area (Å²) in [7, 11) is 0. The van der Waals surface area contributed by atoms with Crippen molar-refractivity contribution in [1.29, 1.82) is 0 Å². The van der Waals surface area contributed by atoms with E-state index in [4.69, 9.17) is 23.2 Å². The van der Waals surface area contributed by atoms with Crippen LogP contribution < -0.4 is 0 Å². The molecule has 0 nitrogen and oxygen atoms in total. The third-order valence-electron chi connectivity index (χ3n) is 3.22. The second-order valence-corrected chi connectivity index (χ2v) is 6.70.